The Bertz CT molecular complexity index is 284. The Morgan fingerprint density at radius 1 is 1.24 bits per heavy atom. The minimum Gasteiger partial charge on any atom is -0.330 e. The van der Waals surface area contributed by atoms with E-state index in [9.17, 15) is 0 Å². The van der Waals surface area contributed by atoms with Gasteiger partial charge in [0.15, 0.2) is 0 Å². The molecule has 0 radical (unpaired) electrons. The van der Waals surface area contributed by atoms with Crippen LogP contribution < -0.4 is 5.73 Å². The van der Waals surface area contributed by atoms with Gasteiger partial charge in [-0.1, -0.05) is 37.3 Å². The molecule has 0 heterocycles. The summed E-state index contributed by atoms with van der Waals surface area (Å²) in [5, 5.41) is 0. The van der Waals surface area contributed by atoms with Crippen molar-refractivity contribution in [1.82, 2.24) is 4.90 Å². The highest BCUT2D eigenvalue weighted by Crippen LogP contribution is 2.07. The number of nitrogens with zero attached hydrogens (tertiary/aromatic N) is 1. The van der Waals surface area contributed by atoms with Crippen molar-refractivity contribution in [3.8, 4) is 0 Å². The van der Waals surface area contributed by atoms with Crippen LogP contribution >= 0.6 is 0 Å². The van der Waals surface area contributed by atoms with Crippen molar-refractivity contribution in [1.29, 1.82) is 0 Å². The summed E-state index contributed by atoms with van der Waals surface area (Å²) >= 11 is 0. The molecule has 0 aliphatic rings. The smallest absolute Gasteiger partial charge is 0.00189 e. The standard InChI is InChI=1S/C15H26N2/c1-14(7-6-11-16)13-17(2)12-10-15-8-4-3-5-9-15/h3-5,8-9,14H,6-7,10-13,16H2,1-2H3. The van der Waals surface area contributed by atoms with E-state index in [0.717, 1.165) is 31.8 Å². The first-order valence-corrected chi connectivity index (χ1v) is 6.65. The highest BCUT2D eigenvalue weighted by Gasteiger charge is 2.05. The summed E-state index contributed by atoms with van der Waals surface area (Å²) in [6.07, 6.45) is 3.53. The van der Waals surface area contributed by atoms with Crippen LogP contribution in [0.15, 0.2) is 30.3 Å². The number of hydrogen-bond acceptors (Lipinski definition) is 2. The zero-order chi connectivity index (χ0) is 12.5. The van der Waals surface area contributed by atoms with Crippen LogP contribution in [-0.2, 0) is 6.42 Å². The summed E-state index contributed by atoms with van der Waals surface area (Å²) in [5.74, 6) is 0.749. The van der Waals surface area contributed by atoms with Crippen molar-refractivity contribution >= 4 is 0 Å². The van der Waals surface area contributed by atoms with Crippen molar-refractivity contribution in [2.45, 2.75) is 26.2 Å². The fourth-order valence-corrected chi connectivity index (χ4v) is 2.15. The molecule has 0 saturated carbocycles. The average Bonchev–Trinajstić information content (AvgIpc) is 2.35. The Balaban J connectivity index is 2.19. The van der Waals surface area contributed by atoms with Crippen LogP contribution in [0.2, 0.25) is 0 Å². The van der Waals surface area contributed by atoms with E-state index in [-0.39, 0.29) is 0 Å². The van der Waals surface area contributed by atoms with Gasteiger partial charge in [0.25, 0.3) is 0 Å². The van der Waals surface area contributed by atoms with Crippen LogP contribution in [0.1, 0.15) is 25.3 Å². The van der Waals surface area contributed by atoms with Gasteiger partial charge in [-0.15, -0.1) is 0 Å². The van der Waals surface area contributed by atoms with E-state index in [1.54, 1.807) is 0 Å². The number of rotatable bonds is 8. The van der Waals surface area contributed by atoms with E-state index < -0.39 is 0 Å². The van der Waals surface area contributed by atoms with Crippen molar-refractivity contribution in [3.63, 3.8) is 0 Å². The zero-order valence-corrected chi connectivity index (χ0v) is 11.2. The van der Waals surface area contributed by atoms with Crippen LogP contribution in [0.4, 0.5) is 0 Å². The Morgan fingerprint density at radius 2 is 1.94 bits per heavy atom. The first kappa shape index (κ1) is 14.2. The maximum absolute atomic E-state index is 5.53. The molecule has 1 aromatic carbocycles. The molecule has 0 aromatic heterocycles. The summed E-state index contributed by atoms with van der Waals surface area (Å²) in [4.78, 5) is 2.42. The van der Waals surface area contributed by atoms with Crippen LogP contribution in [0, 0.1) is 5.92 Å². The molecule has 2 nitrogen and oxygen atoms in total. The fourth-order valence-electron chi connectivity index (χ4n) is 2.15. The van der Waals surface area contributed by atoms with Gasteiger partial charge in [-0.25, -0.2) is 0 Å². The first-order valence-electron chi connectivity index (χ1n) is 6.65. The van der Waals surface area contributed by atoms with Gasteiger partial charge in [0.1, 0.15) is 0 Å². The maximum Gasteiger partial charge on any atom is 0.00189 e. The molecule has 2 heteroatoms. The van der Waals surface area contributed by atoms with E-state index in [4.69, 9.17) is 5.73 Å². The van der Waals surface area contributed by atoms with E-state index in [2.05, 4.69) is 49.2 Å². The van der Waals surface area contributed by atoms with E-state index in [1.807, 2.05) is 0 Å². The summed E-state index contributed by atoms with van der Waals surface area (Å²) in [6.45, 7) is 5.44. The van der Waals surface area contributed by atoms with Gasteiger partial charge in [0.05, 0.1) is 0 Å². The van der Waals surface area contributed by atoms with Gasteiger partial charge in [-0.05, 0) is 44.3 Å². The first-order chi connectivity index (χ1) is 8.22. The van der Waals surface area contributed by atoms with E-state index in [1.165, 1.54) is 18.5 Å². The molecule has 0 aliphatic carbocycles. The topological polar surface area (TPSA) is 29.3 Å². The van der Waals surface area contributed by atoms with Gasteiger partial charge in [0.2, 0.25) is 0 Å². The number of benzene rings is 1. The highest BCUT2D eigenvalue weighted by molar-refractivity contribution is 5.14. The monoisotopic (exact) mass is 234 g/mol. The van der Waals surface area contributed by atoms with Gasteiger partial charge in [0, 0.05) is 13.1 Å². The van der Waals surface area contributed by atoms with Gasteiger partial charge in [-0.2, -0.15) is 0 Å². The largest absolute Gasteiger partial charge is 0.330 e. The zero-order valence-electron chi connectivity index (χ0n) is 11.2. The Kier molecular flexibility index (Phi) is 6.90. The Labute approximate surface area is 106 Å². The van der Waals surface area contributed by atoms with Crippen molar-refractivity contribution in [2.24, 2.45) is 11.7 Å². The predicted molar refractivity (Wildman–Crippen MR) is 75.1 cm³/mol. The molecule has 0 aliphatic heterocycles. The lowest BCUT2D eigenvalue weighted by Gasteiger charge is -2.21. The molecule has 0 spiro atoms. The lowest BCUT2D eigenvalue weighted by molar-refractivity contribution is 0.279. The molecule has 0 bridgehead atoms. The normalized spacial score (nSPS) is 12.9. The molecular formula is C15H26N2. The van der Waals surface area contributed by atoms with Gasteiger partial charge < -0.3 is 10.6 Å². The second-order valence-electron chi connectivity index (χ2n) is 5.03. The molecule has 0 saturated heterocycles. The summed E-state index contributed by atoms with van der Waals surface area (Å²) in [6, 6.07) is 10.7. The molecule has 0 fully saturated rings. The van der Waals surface area contributed by atoms with Gasteiger partial charge >= 0.3 is 0 Å². The third-order valence-corrected chi connectivity index (χ3v) is 3.15. The molecule has 1 unspecified atom stereocenters. The second-order valence-corrected chi connectivity index (χ2v) is 5.03. The molecule has 96 valence electrons. The third-order valence-electron chi connectivity index (χ3n) is 3.15. The fraction of sp³-hybridized carbons (Fsp3) is 0.600. The highest BCUT2D eigenvalue weighted by atomic mass is 15.1. The SMILES string of the molecule is CC(CCCN)CN(C)CCc1ccccc1. The van der Waals surface area contributed by atoms with Gasteiger partial charge in [-0.3, -0.25) is 0 Å². The van der Waals surface area contributed by atoms with Crippen molar-refractivity contribution in [2.75, 3.05) is 26.7 Å². The van der Waals surface area contributed by atoms with Crippen LogP contribution in [0.5, 0.6) is 0 Å². The molecule has 1 atom stereocenters. The van der Waals surface area contributed by atoms with Crippen LogP contribution in [0.25, 0.3) is 0 Å². The van der Waals surface area contributed by atoms with Crippen LogP contribution in [-0.4, -0.2) is 31.6 Å². The van der Waals surface area contributed by atoms with E-state index >= 15 is 0 Å². The lowest BCUT2D eigenvalue weighted by Crippen LogP contribution is -2.27. The molecule has 1 aromatic rings. The summed E-state index contributed by atoms with van der Waals surface area (Å²) in [5.41, 5.74) is 6.95. The minimum absolute atomic E-state index is 0.749. The number of nitrogens with two attached hydrogens (primary N) is 1. The lowest BCUT2D eigenvalue weighted by atomic mass is 10.0. The van der Waals surface area contributed by atoms with Crippen molar-refractivity contribution in [3.05, 3.63) is 35.9 Å². The molecule has 0 amide bonds. The van der Waals surface area contributed by atoms with E-state index in [0.29, 0.717) is 0 Å². The average molecular weight is 234 g/mol. The summed E-state index contributed by atoms with van der Waals surface area (Å²) < 4.78 is 0. The molecule has 17 heavy (non-hydrogen) atoms. The molecule has 1 rings (SSSR count). The predicted octanol–water partition coefficient (Wildman–Crippen LogP) is 2.54. The number of hydrogen-bond donors (Lipinski definition) is 1. The second kappa shape index (κ2) is 8.26. The molecular weight excluding hydrogens is 208 g/mol. The van der Waals surface area contributed by atoms with Crippen molar-refractivity contribution < 1.29 is 0 Å². The summed E-state index contributed by atoms with van der Waals surface area (Å²) in [7, 11) is 2.21. The quantitative estimate of drug-likeness (QED) is 0.749. The molecule has 2 N–H and O–H groups in total. The minimum atomic E-state index is 0.749. The van der Waals surface area contributed by atoms with Crippen LogP contribution in [0.3, 0.4) is 0 Å². The number of likely N-dealkylation sites (N-methyl/N-ethyl adjacent to an activating group) is 1. The Hall–Kier alpha value is -0.860. The Morgan fingerprint density at radius 3 is 2.59 bits per heavy atom. The third kappa shape index (κ3) is 6.44. The maximum atomic E-state index is 5.53.